The van der Waals surface area contributed by atoms with Gasteiger partial charge >= 0.3 is 0 Å². The number of aromatic nitrogens is 1. The molecule has 294 valence electrons. The highest BCUT2D eigenvalue weighted by Gasteiger charge is 2.20. The molecule has 2 heterocycles. The first kappa shape index (κ1) is 35.7. The van der Waals surface area contributed by atoms with Gasteiger partial charge in [-0.25, -0.2) is 0 Å². The minimum Gasteiger partial charge on any atom is -0.310 e. The van der Waals surface area contributed by atoms with Crippen LogP contribution in [0.3, 0.4) is 0 Å². The smallest absolute Gasteiger partial charge is 0.0619 e. The Morgan fingerprint density at radius 1 is 0.333 bits per heavy atom. The summed E-state index contributed by atoms with van der Waals surface area (Å²) in [5, 5.41) is 12.7. The van der Waals surface area contributed by atoms with Gasteiger partial charge in [0.25, 0.3) is 0 Å². The van der Waals surface area contributed by atoms with Crippen molar-refractivity contribution in [3.8, 4) is 27.9 Å². The van der Waals surface area contributed by atoms with Crippen molar-refractivity contribution in [1.29, 1.82) is 0 Å². The molecule has 0 aliphatic heterocycles. The Hall–Kier alpha value is -7.98. The van der Waals surface area contributed by atoms with Gasteiger partial charge in [0.05, 0.1) is 16.7 Å². The van der Waals surface area contributed by atoms with Crippen LogP contribution < -0.4 is 4.90 Å². The van der Waals surface area contributed by atoms with Gasteiger partial charge in [-0.15, -0.1) is 11.3 Å². The fraction of sp³-hybridized carbons (Fsp3) is 0. The molecule has 2 aromatic heterocycles. The number of benzene rings is 11. The van der Waals surface area contributed by atoms with Gasteiger partial charge in [-0.1, -0.05) is 164 Å². The summed E-state index contributed by atoms with van der Waals surface area (Å²) in [7, 11) is 0. The Kier molecular flexibility index (Phi) is 8.12. The first-order valence-electron chi connectivity index (χ1n) is 21.6. The summed E-state index contributed by atoms with van der Waals surface area (Å²) in [4.78, 5) is 2.44. The molecule has 0 amide bonds. The predicted octanol–water partition coefficient (Wildman–Crippen LogP) is 17.4. The van der Waals surface area contributed by atoms with Gasteiger partial charge in [0.15, 0.2) is 0 Å². The maximum absolute atomic E-state index is 2.45. The lowest BCUT2D eigenvalue weighted by Crippen LogP contribution is -2.10. The normalized spacial score (nSPS) is 11.8. The molecular weight excluding hydrogens is 781 g/mol. The maximum atomic E-state index is 2.45. The molecule has 13 aromatic rings. The second kappa shape index (κ2) is 14.3. The van der Waals surface area contributed by atoms with E-state index in [9.17, 15) is 0 Å². The van der Waals surface area contributed by atoms with Gasteiger partial charge in [-0.3, -0.25) is 0 Å². The molecule has 0 aliphatic rings. The maximum Gasteiger partial charge on any atom is 0.0619 e. The third-order valence-electron chi connectivity index (χ3n) is 13.0. The monoisotopic (exact) mass is 818 g/mol. The van der Waals surface area contributed by atoms with Crippen LogP contribution in [0.2, 0.25) is 0 Å². The SMILES string of the molecule is c1ccc(-n2c3cc(-c4ccc(N(c5ccc(-c6ccc7ccc8ccccc8c7c6)cc5)c5cccc6sc7ccccc7c56)cc4)ccc3c3ccc4ccccc4c32)cc1. The molecule has 0 N–H and O–H groups in total. The zero-order chi connectivity index (χ0) is 41.4. The number of hydrogen-bond acceptors (Lipinski definition) is 2. The summed E-state index contributed by atoms with van der Waals surface area (Å²) < 4.78 is 5.03. The quantitative estimate of drug-likeness (QED) is 0.152. The summed E-state index contributed by atoms with van der Waals surface area (Å²) in [6.07, 6.45) is 0. The third-order valence-corrected chi connectivity index (χ3v) is 14.1. The van der Waals surface area contributed by atoms with Crippen molar-refractivity contribution in [2.24, 2.45) is 0 Å². The zero-order valence-electron chi connectivity index (χ0n) is 34.2. The van der Waals surface area contributed by atoms with Crippen LogP contribution in [0.5, 0.6) is 0 Å². The third kappa shape index (κ3) is 5.78. The minimum absolute atomic E-state index is 1.11. The first-order chi connectivity index (χ1) is 31.2. The summed E-state index contributed by atoms with van der Waals surface area (Å²) in [6.45, 7) is 0. The highest BCUT2D eigenvalue weighted by atomic mass is 32.1. The van der Waals surface area contributed by atoms with Gasteiger partial charge in [0.1, 0.15) is 0 Å². The van der Waals surface area contributed by atoms with Gasteiger partial charge in [-0.05, 0) is 116 Å². The van der Waals surface area contributed by atoms with E-state index in [1.54, 1.807) is 0 Å². The second-order valence-corrected chi connectivity index (χ2v) is 17.6. The van der Waals surface area contributed by atoms with Gasteiger partial charge in [0, 0.05) is 53.4 Å². The van der Waals surface area contributed by atoms with Crippen LogP contribution >= 0.6 is 11.3 Å². The van der Waals surface area contributed by atoms with E-state index in [0.717, 1.165) is 17.1 Å². The summed E-state index contributed by atoms with van der Waals surface area (Å²) in [5.74, 6) is 0. The van der Waals surface area contributed by atoms with Crippen LogP contribution in [0.25, 0.3) is 102 Å². The molecule has 13 rings (SSSR count). The molecule has 0 saturated heterocycles. The van der Waals surface area contributed by atoms with Crippen molar-refractivity contribution in [2.75, 3.05) is 4.90 Å². The molecule has 3 heteroatoms. The molecule has 0 spiro atoms. The zero-order valence-corrected chi connectivity index (χ0v) is 35.1. The van der Waals surface area contributed by atoms with E-state index in [2.05, 4.69) is 240 Å². The number of anilines is 3. The van der Waals surface area contributed by atoms with Gasteiger partial charge in [0.2, 0.25) is 0 Å². The fourth-order valence-electron chi connectivity index (χ4n) is 9.96. The molecule has 11 aromatic carbocycles. The first-order valence-corrected chi connectivity index (χ1v) is 22.4. The number of rotatable bonds is 6. The lowest BCUT2D eigenvalue weighted by atomic mass is 9.97. The van der Waals surface area contributed by atoms with Crippen molar-refractivity contribution in [2.45, 2.75) is 0 Å². The number of para-hydroxylation sites is 1. The Labute approximate surface area is 368 Å². The van der Waals surface area contributed by atoms with Crippen molar-refractivity contribution in [1.82, 2.24) is 4.57 Å². The average Bonchev–Trinajstić information content (AvgIpc) is 3.91. The van der Waals surface area contributed by atoms with Crippen molar-refractivity contribution >= 4 is 103 Å². The van der Waals surface area contributed by atoms with E-state index in [0.29, 0.717) is 0 Å². The number of hydrogen-bond donors (Lipinski definition) is 0. The molecular formula is C60H38N2S. The minimum atomic E-state index is 1.11. The van der Waals surface area contributed by atoms with Crippen molar-refractivity contribution < 1.29 is 0 Å². The number of fused-ring (bicyclic) bond motifs is 11. The van der Waals surface area contributed by atoms with E-state index in [4.69, 9.17) is 0 Å². The molecule has 0 bridgehead atoms. The Morgan fingerprint density at radius 3 is 1.63 bits per heavy atom. The standard InChI is InChI=1S/C60H38N2S/c1-2-13-46(14-3-1)62-56-38-45(30-35-51(56)52-36-29-42-12-5-7-16-50(42)60(52)62)40-27-33-48(34-28-40)61(55-18-10-20-58-59(55)53-17-8-9-19-57(53)63-58)47-31-25-39(26-32-47)44-24-23-43-22-21-41-11-4-6-15-49(41)54(43)37-44/h1-38H. The van der Waals surface area contributed by atoms with Crippen LogP contribution in [0.4, 0.5) is 17.1 Å². The van der Waals surface area contributed by atoms with Crippen LogP contribution in [0.15, 0.2) is 231 Å². The van der Waals surface area contributed by atoms with Gasteiger partial charge < -0.3 is 9.47 Å². The highest BCUT2D eigenvalue weighted by Crippen LogP contribution is 2.46. The largest absolute Gasteiger partial charge is 0.310 e. The Balaban J connectivity index is 0.943. The lowest BCUT2D eigenvalue weighted by Gasteiger charge is -2.27. The second-order valence-electron chi connectivity index (χ2n) is 16.5. The summed E-state index contributed by atoms with van der Waals surface area (Å²) in [5.41, 5.74) is 11.8. The Morgan fingerprint density at radius 2 is 0.873 bits per heavy atom. The molecule has 0 fully saturated rings. The molecule has 63 heavy (non-hydrogen) atoms. The summed E-state index contributed by atoms with van der Waals surface area (Å²) >= 11 is 1.86. The lowest BCUT2D eigenvalue weighted by molar-refractivity contribution is 1.19. The van der Waals surface area contributed by atoms with Crippen molar-refractivity contribution in [3.63, 3.8) is 0 Å². The van der Waals surface area contributed by atoms with E-state index >= 15 is 0 Å². The number of nitrogens with zero attached hydrogens (tertiary/aromatic N) is 2. The van der Waals surface area contributed by atoms with E-state index in [-0.39, 0.29) is 0 Å². The van der Waals surface area contributed by atoms with E-state index in [1.807, 2.05) is 11.3 Å². The van der Waals surface area contributed by atoms with Crippen molar-refractivity contribution in [3.05, 3.63) is 231 Å². The highest BCUT2D eigenvalue weighted by molar-refractivity contribution is 7.26. The van der Waals surface area contributed by atoms with Crippen LogP contribution in [0, 0.1) is 0 Å². The van der Waals surface area contributed by atoms with Crippen LogP contribution in [-0.2, 0) is 0 Å². The molecule has 0 unspecified atom stereocenters. The fourth-order valence-corrected chi connectivity index (χ4v) is 11.1. The Bertz CT molecular complexity index is 3900. The average molecular weight is 819 g/mol. The molecule has 2 nitrogen and oxygen atoms in total. The molecule has 0 atom stereocenters. The van der Waals surface area contributed by atoms with E-state index < -0.39 is 0 Å². The molecule has 0 aliphatic carbocycles. The summed E-state index contributed by atoms with van der Waals surface area (Å²) in [6, 6.07) is 84.8. The molecule has 0 saturated carbocycles. The van der Waals surface area contributed by atoms with Gasteiger partial charge in [-0.2, -0.15) is 0 Å². The predicted molar refractivity (Wildman–Crippen MR) is 272 cm³/mol. The topological polar surface area (TPSA) is 8.17 Å². The van der Waals surface area contributed by atoms with Crippen LogP contribution in [0.1, 0.15) is 0 Å². The van der Waals surface area contributed by atoms with E-state index in [1.165, 1.54) is 102 Å². The molecule has 0 radical (unpaired) electrons. The van der Waals surface area contributed by atoms with Crippen LogP contribution in [-0.4, -0.2) is 4.57 Å². The number of thiophene rings is 1.